The molecule has 1 saturated heterocycles. The molecule has 3 unspecified atom stereocenters. The van der Waals surface area contributed by atoms with Crippen LogP contribution in [0.25, 0.3) is 15.8 Å². The molecule has 6 N–H and O–H groups in total. The molecule has 0 spiro atoms. The summed E-state index contributed by atoms with van der Waals surface area (Å²) in [6, 6.07) is 7.90. The molecule has 306 valence electrons. The zero-order valence-electron chi connectivity index (χ0n) is 35.3. The van der Waals surface area contributed by atoms with E-state index in [-0.39, 0.29) is 21.9 Å². The Bertz CT molecular complexity index is 2170. The minimum absolute atomic E-state index is 0.126. The molecule has 3 atom stereocenters. The summed E-state index contributed by atoms with van der Waals surface area (Å²) in [7, 11) is 4.36. The number of piperidine rings is 1. The summed E-state index contributed by atoms with van der Waals surface area (Å²) >= 11 is 1.48. The van der Waals surface area contributed by atoms with Crippen LogP contribution in [0.15, 0.2) is 76.2 Å². The molecule has 2 saturated carbocycles. The van der Waals surface area contributed by atoms with E-state index in [0.717, 1.165) is 52.1 Å². The van der Waals surface area contributed by atoms with Gasteiger partial charge < -0.3 is 31.1 Å². The second-order valence-corrected chi connectivity index (χ2v) is 20.1. The summed E-state index contributed by atoms with van der Waals surface area (Å²) in [6.45, 7) is 16.4. The highest BCUT2D eigenvalue weighted by atomic mass is 32.1. The van der Waals surface area contributed by atoms with Crippen molar-refractivity contribution in [1.29, 1.82) is 5.41 Å². The van der Waals surface area contributed by atoms with Crippen molar-refractivity contribution in [3.05, 3.63) is 82.5 Å². The van der Waals surface area contributed by atoms with Crippen molar-refractivity contribution in [2.45, 2.75) is 112 Å². The van der Waals surface area contributed by atoms with Crippen LogP contribution in [-0.4, -0.2) is 73.6 Å². The van der Waals surface area contributed by atoms with E-state index in [9.17, 15) is 15.6 Å². The third-order valence-electron chi connectivity index (χ3n) is 13.2. The van der Waals surface area contributed by atoms with Crippen molar-refractivity contribution in [3.8, 4) is 0 Å². The van der Waals surface area contributed by atoms with Gasteiger partial charge >= 0.3 is 0 Å². The molecule has 7 rings (SSSR count). The van der Waals surface area contributed by atoms with E-state index in [1.165, 1.54) is 62.7 Å². The Kier molecular flexibility index (Phi) is 11.0. The molecule has 2 aliphatic heterocycles. The number of aliphatic hydroxyl groups excluding tert-OH is 1. The first-order valence-corrected chi connectivity index (χ1v) is 21.5. The maximum Gasteiger partial charge on any atom is 0.299 e. The number of amidine groups is 2. The van der Waals surface area contributed by atoms with Crippen LogP contribution in [-0.2, 0) is 6.54 Å². The topological polar surface area (TPSA) is 152 Å². The zero-order chi connectivity index (χ0) is 40.9. The van der Waals surface area contributed by atoms with Crippen molar-refractivity contribution in [1.82, 2.24) is 29.9 Å². The van der Waals surface area contributed by atoms with Crippen LogP contribution in [0.4, 0.5) is 5.13 Å². The summed E-state index contributed by atoms with van der Waals surface area (Å²) in [6.07, 6.45) is 17.0. The van der Waals surface area contributed by atoms with E-state index in [1.54, 1.807) is 0 Å². The average Bonchev–Trinajstić information content (AvgIpc) is 3.71. The van der Waals surface area contributed by atoms with E-state index in [0.29, 0.717) is 46.6 Å². The lowest BCUT2D eigenvalue weighted by atomic mass is 9.43. The zero-order valence-corrected chi connectivity index (χ0v) is 36.1. The number of benzene rings is 1. The van der Waals surface area contributed by atoms with Gasteiger partial charge in [0.2, 0.25) is 5.13 Å². The Morgan fingerprint density at radius 3 is 2.53 bits per heavy atom. The Morgan fingerprint density at radius 2 is 1.81 bits per heavy atom. The number of dihydropyridines is 1. The predicted molar refractivity (Wildman–Crippen MR) is 234 cm³/mol. The highest BCUT2D eigenvalue weighted by Gasteiger charge is 2.58. The fourth-order valence-corrected chi connectivity index (χ4v) is 12.3. The van der Waals surface area contributed by atoms with E-state index >= 15 is 0 Å². The molecule has 2 bridgehead atoms. The van der Waals surface area contributed by atoms with E-state index in [4.69, 9.17) is 10.8 Å². The van der Waals surface area contributed by atoms with Crippen molar-refractivity contribution in [2.24, 2.45) is 32.4 Å². The number of fused-ring (bicyclic) bond motifs is 3. The van der Waals surface area contributed by atoms with Gasteiger partial charge in [0.1, 0.15) is 23.2 Å². The maximum atomic E-state index is 10.7. The van der Waals surface area contributed by atoms with Crippen molar-refractivity contribution < 1.29 is 10.2 Å². The molecular formula is C45H63N9O2S. The number of nitrogens with zero attached hydrogens (tertiary/aromatic N) is 6. The van der Waals surface area contributed by atoms with Gasteiger partial charge in [-0.2, -0.15) is 5.10 Å². The molecule has 0 radical (unpaired) electrons. The lowest BCUT2D eigenvalue weighted by Gasteiger charge is -2.63. The number of nitrogens with one attached hydrogen (secondary N) is 2. The number of allylic oxidation sites excluding steroid dienone is 3. The SMILES string of the molecule is CCC1(C)CC2(CCCN(C)C)CC(C)(C)CC(Cn3ncc(C4=CC=C(N5CCC/C(=C(C)/C(N)=N\c6nc7ccccc7s6)C5=N)NC4=C(O)O)c3C)(C1)C2. The van der Waals surface area contributed by atoms with Gasteiger partial charge in [-0.15, -0.1) is 0 Å². The highest BCUT2D eigenvalue weighted by molar-refractivity contribution is 7.22. The minimum atomic E-state index is -0.803. The van der Waals surface area contributed by atoms with Crippen LogP contribution in [0.3, 0.4) is 0 Å². The monoisotopic (exact) mass is 793 g/mol. The number of thiazole rings is 1. The van der Waals surface area contributed by atoms with Gasteiger partial charge in [0.25, 0.3) is 5.95 Å². The number of aliphatic imine (C=N–C) groups is 1. The Hall–Kier alpha value is -4.42. The third-order valence-corrected chi connectivity index (χ3v) is 14.2. The number of rotatable bonds is 11. The molecule has 57 heavy (non-hydrogen) atoms. The summed E-state index contributed by atoms with van der Waals surface area (Å²) in [5, 5.41) is 39.5. The summed E-state index contributed by atoms with van der Waals surface area (Å²) in [5.74, 6) is 0.425. The third kappa shape index (κ3) is 8.30. The molecule has 3 fully saturated rings. The number of nitrogens with two attached hydrogens (primary N) is 1. The number of hydrogen-bond donors (Lipinski definition) is 5. The average molecular weight is 794 g/mol. The first-order chi connectivity index (χ1) is 26.9. The molecule has 4 heterocycles. The number of para-hydroxylation sites is 1. The maximum absolute atomic E-state index is 10.7. The molecule has 0 amide bonds. The summed E-state index contributed by atoms with van der Waals surface area (Å²) in [5.41, 5.74) is 12.6. The number of aliphatic hydroxyl groups is 2. The fourth-order valence-electron chi connectivity index (χ4n) is 11.5. The Labute approximate surface area is 342 Å². The van der Waals surface area contributed by atoms with Gasteiger partial charge in [-0.1, -0.05) is 57.6 Å². The molecule has 3 aromatic rings. The van der Waals surface area contributed by atoms with Gasteiger partial charge in [0.05, 0.1) is 16.4 Å². The van der Waals surface area contributed by atoms with Gasteiger partial charge in [0.15, 0.2) is 0 Å². The van der Waals surface area contributed by atoms with Crippen molar-refractivity contribution >= 4 is 43.9 Å². The van der Waals surface area contributed by atoms with Crippen LogP contribution in [0, 0.1) is 34.0 Å². The first-order valence-electron chi connectivity index (χ1n) is 20.7. The second-order valence-electron chi connectivity index (χ2n) is 19.0. The molecule has 11 nitrogen and oxygen atoms in total. The predicted octanol–water partition coefficient (Wildman–Crippen LogP) is 9.73. The number of aromatic nitrogens is 3. The standard InChI is InChI=1S/C45H63N9O2S/c1-9-43(6)25-44(19-13-20-52(7)8)23-42(4,5)24-45(26-43,27-44)28-54-30(3)33(22-48-54)32-17-18-36(50-37(32)40(55)56)53-21-12-14-31(39(53)47)29(2)38(46)51-41-49-34-15-10-11-16-35(34)57-41/h10-11,15-18,22,47,50,55-56H,9,12-14,19-21,23-28H2,1-8H3,(H2,46,49,51)/b31-29-,47-39?. The molecule has 2 aliphatic carbocycles. The van der Waals surface area contributed by atoms with Crippen LogP contribution in [0.2, 0.25) is 0 Å². The largest absolute Gasteiger partial charge is 0.480 e. The van der Waals surface area contributed by atoms with Crippen molar-refractivity contribution in [2.75, 3.05) is 27.2 Å². The first kappa shape index (κ1) is 40.8. The highest BCUT2D eigenvalue weighted by Crippen LogP contribution is 2.68. The van der Waals surface area contributed by atoms with Crippen molar-refractivity contribution in [3.63, 3.8) is 0 Å². The second kappa shape index (κ2) is 15.4. The molecular weight excluding hydrogens is 731 g/mol. The van der Waals surface area contributed by atoms with Gasteiger partial charge in [0, 0.05) is 35.5 Å². The summed E-state index contributed by atoms with van der Waals surface area (Å²) < 4.78 is 3.23. The van der Waals surface area contributed by atoms with Gasteiger partial charge in [-0.25, -0.2) is 9.98 Å². The lowest BCUT2D eigenvalue weighted by Crippen LogP contribution is -2.54. The summed E-state index contributed by atoms with van der Waals surface area (Å²) in [4.78, 5) is 13.4. The minimum Gasteiger partial charge on any atom is -0.480 e. The van der Waals surface area contributed by atoms with Gasteiger partial charge in [-0.05, 0) is 144 Å². The number of likely N-dealkylation sites (tertiary alicyclic amines) is 1. The van der Waals surface area contributed by atoms with Crippen LogP contribution in [0.5, 0.6) is 0 Å². The molecule has 2 aromatic heterocycles. The normalized spacial score (nSPS) is 27.4. The molecule has 12 heteroatoms. The smallest absolute Gasteiger partial charge is 0.299 e. The Morgan fingerprint density at radius 1 is 1.07 bits per heavy atom. The van der Waals surface area contributed by atoms with E-state index in [2.05, 4.69) is 73.6 Å². The van der Waals surface area contributed by atoms with Crippen LogP contribution >= 0.6 is 11.3 Å². The molecule has 1 aromatic carbocycles. The van der Waals surface area contributed by atoms with E-state index in [1.807, 2.05) is 54.4 Å². The lowest BCUT2D eigenvalue weighted by molar-refractivity contribution is -0.128. The van der Waals surface area contributed by atoms with Crippen LogP contribution < -0.4 is 11.1 Å². The quantitative estimate of drug-likeness (QED) is 0.0731. The van der Waals surface area contributed by atoms with Crippen LogP contribution in [0.1, 0.15) is 110 Å². The fraction of sp³-hybridized carbons (Fsp3) is 0.556. The number of hydrogen-bond acceptors (Lipinski definition) is 9. The van der Waals surface area contributed by atoms with E-state index < -0.39 is 5.95 Å². The van der Waals surface area contributed by atoms with Gasteiger partial charge in [-0.3, -0.25) is 10.1 Å². The molecule has 4 aliphatic rings. The Balaban J connectivity index is 1.15.